The molecule has 0 amide bonds. The second kappa shape index (κ2) is 5.54. The third kappa shape index (κ3) is 3.22. The first-order chi connectivity index (χ1) is 8.24. The lowest BCUT2D eigenvalue weighted by atomic mass is 9.91. The summed E-state index contributed by atoms with van der Waals surface area (Å²) in [6, 6.07) is 7.92. The van der Waals surface area contributed by atoms with Crippen LogP contribution in [0.1, 0.15) is 51.2 Å². The molecule has 0 aromatic heterocycles. The Balaban J connectivity index is 2.07. The fourth-order valence-electron chi connectivity index (χ4n) is 2.16. The molecule has 2 rings (SSSR count). The van der Waals surface area contributed by atoms with E-state index in [1.807, 2.05) is 24.3 Å². The number of benzene rings is 1. The van der Waals surface area contributed by atoms with Gasteiger partial charge in [0.25, 0.3) is 0 Å². The van der Waals surface area contributed by atoms with Gasteiger partial charge in [0.05, 0.1) is 12.2 Å². The molecule has 1 aromatic rings. The first kappa shape index (κ1) is 12.4. The molecule has 1 saturated carbocycles. The number of hydrogen-bond donors (Lipinski definition) is 1. The van der Waals surface area contributed by atoms with Crippen molar-refractivity contribution in [3.63, 3.8) is 0 Å². The zero-order chi connectivity index (χ0) is 12.3. The Morgan fingerprint density at radius 1 is 1.29 bits per heavy atom. The highest BCUT2D eigenvalue weighted by atomic mass is 16.5. The summed E-state index contributed by atoms with van der Waals surface area (Å²) in [5.74, 6) is 1.24. The summed E-state index contributed by atoms with van der Waals surface area (Å²) in [7, 11) is 0. The van der Waals surface area contributed by atoms with Crippen molar-refractivity contribution in [3.8, 4) is 5.75 Å². The molecule has 94 valence electrons. The van der Waals surface area contributed by atoms with Crippen LogP contribution >= 0.6 is 0 Å². The Hall–Kier alpha value is -1.02. The standard InChI is InChI=1S/C15H22O2/c1-3-11(4-2)15(16)12-6-5-7-14(10-12)17-13-8-9-13/h5-7,10-11,13,15-16H,3-4,8-9H2,1-2H3. The van der Waals surface area contributed by atoms with E-state index in [1.165, 1.54) is 12.8 Å². The predicted octanol–water partition coefficient (Wildman–Crippen LogP) is 3.70. The SMILES string of the molecule is CCC(CC)C(O)c1cccc(OC2CC2)c1. The molecule has 1 aromatic carbocycles. The molecule has 0 saturated heterocycles. The number of ether oxygens (including phenoxy) is 1. The van der Waals surface area contributed by atoms with E-state index in [1.54, 1.807) is 0 Å². The number of rotatable bonds is 6. The molecule has 1 N–H and O–H groups in total. The molecule has 1 aliphatic carbocycles. The third-order valence-electron chi connectivity index (χ3n) is 3.52. The van der Waals surface area contributed by atoms with Crippen LogP contribution < -0.4 is 4.74 Å². The Labute approximate surface area is 104 Å². The Morgan fingerprint density at radius 3 is 2.59 bits per heavy atom. The average Bonchev–Trinajstić information content (AvgIpc) is 3.15. The van der Waals surface area contributed by atoms with Gasteiger partial charge >= 0.3 is 0 Å². The molecule has 2 nitrogen and oxygen atoms in total. The van der Waals surface area contributed by atoms with E-state index >= 15 is 0 Å². The average molecular weight is 234 g/mol. The van der Waals surface area contributed by atoms with E-state index in [4.69, 9.17) is 4.74 Å². The van der Waals surface area contributed by atoms with Gasteiger partial charge in [-0.3, -0.25) is 0 Å². The van der Waals surface area contributed by atoms with Crippen molar-refractivity contribution < 1.29 is 9.84 Å². The number of hydrogen-bond acceptors (Lipinski definition) is 2. The van der Waals surface area contributed by atoms with Gasteiger partial charge in [0.1, 0.15) is 5.75 Å². The summed E-state index contributed by atoms with van der Waals surface area (Å²) in [5.41, 5.74) is 0.983. The van der Waals surface area contributed by atoms with Gasteiger partial charge in [0.2, 0.25) is 0 Å². The lowest BCUT2D eigenvalue weighted by Gasteiger charge is -2.20. The lowest BCUT2D eigenvalue weighted by Crippen LogP contribution is -2.11. The van der Waals surface area contributed by atoms with Gasteiger partial charge in [0.15, 0.2) is 0 Å². The van der Waals surface area contributed by atoms with E-state index in [-0.39, 0.29) is 6.10 Å². The van der Waals surface area contributed by atoms with Gasteiger partial charge in [-0.05, 0) is 36.5 Å². The van der Waals surface area contributed by atoms with E-state index in [0.717, 1.165) is 24.2 Å². The van der Waals surface area contributed by atoms with Crippen LogP contribution in [0, 0.1) is 5.92 Å². The maximum atomic E-state index is 10.3. The lowest BCUT2D eigenvalue weighted by molar-refractivity contribution is 0.103. The van der Waals surface area contributed by atoms with Crippen molar-refractivity contribution in [2.75, 3.05) is 0 Å². The van der Waals surface area contributed by atoms with Crippen LogP contribution in [0.4, 0.5) is 0 Å². The van der Waals surface area contributed by atoms with Gasteiger partial charge in [-0.15, -0.1) is 0 Å². The minimum atomic E-state index is -0.368. The molecule has 1 atom stereocenters. The maximum absolute atomic E-state index is 10.3. The van der Waals surface area contributed by atoms with Crippen LogP contribution in [0.5, 0.6) is 5.75 Å². The highest BCUT2D eigenvalue weighted by molar-refractivity contribution is 5.30. The summed E-state index contributed by atoms with van der Waals surface area (Å²) < 4.78 is 5.75. The third-order valence-corrected chi connectivity index (χ3v) is 3.52. The Bertz CT molecular complexity index is 354. The zero-order valence-electron chi connectivity index (χ0n) is 10.7. The van der Waals surface area contributed by atoms with Crippen LogP contribution in [0.2, 0.25) is 0 Å². The zero-order valence-corrected chi connectivity index (χ0v) is 10.7. The predicted molar refractivity (Wildman–Crippen MR) is 69.1 cm³/mol. The first-order valence-corrected chi connectivity index (χ1v) is 6.69. The molecule has 0 aliphatic heterocycles. The summed E-state index contributed by atoms with van der Waals surface area (Å²) >= 11 is 0. The topological polar surface area (TPSA) is 29.5 Å². The first-order valence-electron chi connectivity index (χ1n) is 6.69. The van der Waals surface area contributed by atoms with Gasteiger partial charge in [-0.1, -0.05) is 38.8 Å². The molecular formula is C15H22O2. The molecule has 1 fully saturated rings. The molecule has 0 heterocycles. The van der Waals surface area contributed by atoms with E-state index in [0.29, 0.717) is 12.0 Å². The highest BCUT2D eigenvalue weighted by Crippen LogP contribution is 2.31. The fourth-order valence-corrected chi connectivity index (χ4v) is 2.16. The van der Waals surface area contributed by atoms with Crippen LogP contribution in [0.15, 0.2) is 24.3 Å². The Morgan fingerprint density at radius 2 is 2.00 bits per heavy atom. The second-order valence-electron chi connectivity index (χ2n) is 4.91. The minimum Gasteiger partial charge on any atom is -0.490 e. The van der Waals surface area contributed by atoms with Crippen LogP contribution in [0.25, 0.3) is 0 Å². The van der Waals surface area contributed by atoms with Gasteiger partial charge in [0, 0.05) is 0 Å². The molecular weight excluding hydrogens is 212 g/mol. The molecule has 1 unspecified atom stereocenters. The maximum Gasteiger partial charge on any atom is 0.120 e. The molecule has 0 spiro atoms. The van der Waals surface area contributed by atoms with Gasteiger partial charge in [-0.25, -0.2) is 0 Å². The summed E-state index contributed by atoms with van der Waals surface area (Å²) in [5, 5.41) is 10.3. The van der Waals surface area contributed by atoms with E-state index in [9.17, 15) is 5.11 Å². The monoisotopic (exact) mass is 234 g/mol. The number of aliphatic hydroxyl groups is 1. The smallest absolute Gasteiger partial charge is 0.120 e. The van der Waals surface area contributed by atoms with Gasteiger partial charge in [-0.2, -0.15) is 0 Å². The van der Waals surface area contributed by atoms with Crippen molar-refractivity contribution in [2.24, 2.45) is 5.92 Å². The largest absolute Gasteiger partial charge is 0.490 e. The summed E-state index contributed by atoms with van der Waals surface area (Å²) in [6.45, 7) is 4.25. The van der Waals surface area contributed by atoms with Crippen LogP contribution in [0.3, 0.4) is 0 Å². The molecule has 0 radical (unpaired) electrons. The van der Waals surface area contributed by atoms with Crippen LogP contribution in [-0.4, -0.2) is 11.2 Å². The van der Waals surface area contributed by atoms with E-state index < -0.39 is 0 Å². The van der Waals surface area contributed by atoms with E-state index in [2.05, 4.69) is 13.8 Å². The van der Waals surface area contributed by atoms with Crippen molar-refractivity contribution in [1.29, 1.82) is 0 Å². The quantitative estimate of drug-likeness (QED) is 0.813. The second-order valence-corrected chi connectivity index (χ2v) is 4.91. The minimum absolute atomic E-state index is 0.339. The Kier molecular flexibility index (Phi) is 4.06. The van der Waals surface area contributed by atoms with Crippen LogP contribution in [-0.2, 0) is 0 Å². The fraction of sp³-hybridized carbons (Fsp3) is 0.600. The highest BCUT2D eigenvalue weighted by Gasteiger charge is 2.24. The van der Waals surface area contributed by atoms with Gasteiger partial charge < -0.3 is 9.84 Å². The molecule has 17 heavy (non-hydrogen) atoms. The van der Waals surface area contributed by atoms with Crippen molar-refractivity contribution in [3.05, 3.63) is 29.8 Å². The number of aliphatic hydroxyl groups excluding tert-OH is 1. The molecule has 2 heteroatoms. The van der Waals surface area contributed by atoms with Crippen molar-refractivity contribution in [1.82, 2.24) is 0 Å². The normalized spacial score (nSPS) is 17.2. The summed E-state index contributed by atoms with van der Waals surface area (Å²) in [4.78, 5) is 0. The summed E-state index contributed by atoms with van der Waals surface area (Å²) in [6.07, 6.45) is 4.39. The van der Waals surface area contributed by atoms with Crippen molar-refractivity contribution >= 4 is 0 Å². The molecule has 0 bridgehead atoms. The molecule has 1 aliphatic rings. The van der Waals surface area contributed by atoms with Crippen molar-refractivity contribution in [2.45, 2.75) is 51.7 Å².